The van der Waals surface area contributed by atoms with Gasteiger partial charge < -0.3 is 4.42 Å². The first-order chi connectivity index (χ1) is 10.6. The van der Waals surface area contributed by atoms with E-state index in [9.17, 15) is 8.78 Å². The number of hydrogen-bond acceptors (Lipinski definition) is 5. The third-order valence-corrected chi connectivity index (χ3v) is 3.90. The van der Waals surface area contributed by atoms with Crippen molar-refractivity contribution >= 4 is 11.8 Å². The van der Waals surface area contributed by atoms with Crippen LogP contribution in [0.15, 0.2) is 40.1 Å². The monoisotopic (exact) mass is 322 g/mol. The second-order valence-electron chi connectivity index (χ2n) is 4.63. The number of rotatable bonds is 5. The summed E-state index contributed by atoms with van der Waals surface area (Å²) >= 11 is 1.27. The van der Waals surface area contributed by atoms with Crippen LogP contribution in [-0.2, 0) is 12.3 Å². The van der Waals surface area contributed by atoms with Crippen LogP contribution in [0.2, 0.25) is 0 Å². The van der Waals surface area contributed by atoms with Crippen molar-refractivity contribution in [3.63, 3.8) is 0 Å². The van der Waals surface area contributed by atoms with Crippen LogP contribution in [0.25, 0.3) is 0 Å². The molecule has 0 amide bonds. The van der Waals surface area contributed by atoms with Crippen molar-refractivity contribution in [1.29, 1.82) is 0 Å². The topological polar surface area (TPSA) is 56.7 Å². The summed E-state index contributed by atoms with van der Waals surface area (Å²) < 4.78 is 33.2. The number of thioether (sulfide) groups is 1. The second kappa shape index (κ2) is 6.27. The number of nitrogens with zero attached hydrogens (tertiary/aromatic N) is 4. The van der Waals surface area contributed by atoms with Gasteiger partial charge in [0, 0.05) is 17.6 Å². The molecule has 3 aromatic rings. The molecule has 22 heavy (non-hydrogen) atoms. The molecule has 8 heteroatoms. The summed E-state index contributed by atoms with van der Waals surface area (Å²) in [6.07, 6.45) is 1.70. The lowest BCUT2D eigenvalue weighted by Crippen LogP contribution is -2.03. The van der Waals surface area contributed by atoms with E-state index in [1.54, 1.807) is 10.9 Å². The van der Waals surface area contributed by atoms with E-state index in [1.165, 1.54) is 17.8 Å². The maximum Gasteiger partial charge on any atom is 0.276 e. The SMILES string of the molecule is Cc1ccnn1Cc1nnc(SCc2ccc(F)c(F)c2)o1. The maximum absolute atomic E-state index is 13.1. The van der Waals surface area contributed by atoms with Gasteiger partial charge in [-0.1, -0.05) is 17.8 Å². The van der Waals surface area contributed by atoms with E-state index in [0.717, 1.165) is 17.8 Å². The highest BCUT2D eigenvalue weighted by Crippen LogP contribution is 2.22. The lowest BCUT2D eigenvalue weighted by molar-refractivity contribution is 0.396. The first-order valence-electron chi connectivity index (χ1n) is 6.49. The van der Waals surface area contributed by atoms with Crippen molar-refractivity contribution in [1.82, 2.24) is 20.0 Å². The van der Waals surface area contributed by atoms with E-state index in [-0.39, 0.29) is 0 Å². The molecule has 0 bridgehead atoms. The van der Waals surface area contributed by atoms with Crippen LogP contribution in [0, 0.1) is 18.6 Å². The molecule has 0 saturated heterocycles. The summed E-state index contributed by atoms with van der Waals surface area (Å²) in [5, 5.41) is 12.4. The standard InChI is InChI=1S/C14H12F2N4OS/c1-9-4-5-17-20(9)7-13-18-19-14(21-13)22-8-10-2-3-11(15)12(16)6-10/h2-6H,7-8H2,1H3. The molecule has 1 aromatic carbocycles. The van der Waals surface area contributed by atoms with Gasteiger partial charge in [-0.05, 0) is 30.7 Å². The summed E-state index contributed by atoms with van der Waals surface area (Å²) in [6.45, 7) is 2.33. The van der Waals surface area contributed by atoms with Crippen molar-refractivity contribution in [3.8, 4) is 0 Å². The van der Waals surface area contributed by atoms with Crippen LogP contribution >= 0.6 is 11.8 Å². The summed E-state index contributed by atoms with van der Waals surface area (Å²) in [6, 6.07) is 5.67. The molecule has 3 rings (SSSR count). The van der Waals surface area contributed by atoms with Gasteiger partial charge in [0.1, 0.15) is 6.54 Å². The van der Waals surface area contributed by atoms with Crippen LogP contribution in [0.4, 0.5) is 8.78 Å². The minimum absolute atomic E-state index is 0.379. The molecule has 0 N–H and O–H groups in total. The van der Waals surface area contributed by atoms with Crippen LogP contribution in [0.5, 0.6) is 0 Å². The first-order valence-corrected chi connectivity index (χ1v) is 7.48. The molecule has 0 unspecified atom stereocenters. The molecular weight excluding hydrogens is 310 g/mol. The van der Waals surface area contributed by atoms with Gasteiger partial charge in [-0.2, -0.15) is 5.10 Å². The van der Waals surface area contributed by atoms with Crippen LogP contribution < -0.4 is 0 Å². The van der Waals surface area contributed by atoms with Crippen LogP contribution in [0.3, 0.4) is 0 Å². The molecule has 2 heterocycles. The number of hydrogen-bond donors (Lipinski definition) is 0. The van der Waals surface area contributed by atoms with Gasteiger partial charge in [0.05, 0.1) is 0 Å². The Kier molecular flexibility index (Phi) is 4.19. The average Bonchev–Trinajstić information content (AvgIpc) is 3.11. The number of benzene rings is 1. The van der Waals surface area contributed by atoms with E-state index in [1.807, 2.05) is 13.0 Å². The minimum atomic E-state index is -0.863. The maximum atomic E-state index is 13.1. The van der Waals surface area contributed by atoms with Crippen molar-refractivity contribution in [2.45, 2.75) is 24.4 Å². The lowest BCUT2D eigenvalue weighted by atomic mass is 10.2. The Balaban J connectivity index is 1.62. The normalized spacial score (nSPS) is 11.0. The Morgan fingerprint density at radius 1 is 1.18 bits per heavy atom. The zero-order valence-electron chi connectivity index (χ0n) is 11.7. The average molecular weight is 322 g/mol. The fourth-order valence-electron chi connectivity index (χ4n) is 1.83. The highest BCUT2D eigenvalue weighted by molar-refractivity contribution is 7.98. The van der Waals surface area contributed by atoms with Crippen molar-refractivity contribution in [3.05, 3.63) is 59.2 Å². The van der Waals surface area contributed by atoms with Gasteiger partial charge >= 0.3 is 0 Å². The molecule has 114 valence electrons. The third-order valence-electron chi connectivity index (χ3n) is 3.01. The fourth-order valence-corrected chi connectivity index (χ4v) is 2.55. The van der Waals surface area contributed by atoms with E-state index in [2.05, 4.69) is 15.3 Å². The molecule has 0 radical (unpaired) electrons. The zero-order valence-corrected chi connectivity index (χ0v) is 12.5. The van der Waals surface area contributed by atoms with E-state index < -0.39 is 11.6 Å². The van der Waals surface area contributed by atoms with Gasteiger partial charge in [-0.3, -0.25) is 4.68 Å². The van der Waals surface area contributed by atoms with Gasteiger partial charge in [0.15, 0.2) is 11.6 Å². The zero-order chi connectivity index (χ0) is 15.5. The molecule has 0 aliphatic rings. The largest absolute Gasteiger partial charge is 0.414 e. The minimum Gasteiger partial charge on any atom is -0.414 e. The van der Waals surface area contributed by atoms with E-state index >= 15 is 0 Å². The predicted octanol–water partition coefficient (Wildman–Crippen LogP) is 3.19. The first kappa shape index (κ1) is 14.7. The van der Waals surface area contributed by atoms with Crippen molar-refractivity contribution < 1.29 is 13.2 Å². The quantitative estimate of drug-likeness (QED) is 0.675. The molecule has 2 aromatic heterocycles. The fraction of sp³-hybridized carbons (Fsp3) is 0.214. The number of aromatic nitrogens is 4. The lowest BCUT2D eigenvalue weighted by Gasteiger charge is -2.00. The summed E-state index contributed by atoms with van der Waals surface area (Å²) in [4.78, 5) is 0. The molecule has 0 saturated carbocycles. The van der Waals surface area contributed by atoms with Gasteiger partial charge in [-0.25, -0.2) is 8.78 Å². The van der Waals surface area contributed by atoms with Gasteiger partial charge in [0.2, 0.25) is 5.89 Å². The molecule has 0 aliphatic carbocycles. The Morgan fingerprint density at radius 3 is 2.77 bits per heavy atom. The Labute approximate surface area is 129 Å². The van der Waals surface area contributed by atoms with Crippen molar-refractivity contribution in [2.75, 3.05) is 0 Å². The van der Waals surface area contributed by atoms with Gasteiger partial charge in [-0.15, -0.1) is 10.2 Å². The van der Waals surface area contributed by atoms with Crippen LogP contribution in [0.1, 0.15) is 17.1 Å². The molecule has 5 nitrogen and oxygen atoms in total. The smallest absolute Gasteiger partial charge is 0.276 e. The predicted molar refractivity (Wildman–Crippen MR) is 76.3 cm³/mol. The third kappa shape index (κ3) is 3.33. The summed E-state index contributed by atoms with van der Waals surface area (Å²) in [5.74, 6) is -0.860. The highest BCUT2D eigenvalue weighted by Gasteiger charge is 2.10. The number of aryl methyl sites for hydroxylation is 1. The molecular formula is C14H12F2N4OS. The van der Waals surface area contributed by atoms with E-state index in [0.29, 0.717) is 29.0 Å². The molecule has 0 spiro atoms. The van der Waals surface area contributed by atoms with E-state index in [4.69, 9.17) is 4.42 Å². The molecule has 0 aliphatic heterocycles. The molecule has 0 fully saturated rings. The Bertz CT molecular complexity index is 787. The number of halogens is 2. The van der Waals surface area contributed by atoms with Crippen molar-refractivity contribution in [2.24, 2.45) is 0 Å². The Hall–Kier alpha value is -2.22. The summed E-state index contributed by atoms with van der Waals surface area (Å²) in [5.41, 5.74) is 1.64. The Morgan fingerprint density at radius 2 is 2.05 bits per heavy atom. The second-order valence-corrected chi connectivity index (χ2v) is 5.56. The van der Waals surface area contributed by atoms with Crippen LogP contribution in [-0.4, -0.2) is 20.0 Å². The van der Waals surface area contributed by atoms with Gasteiger partial charge in [0.25, 0.3) is 5.22 Å². The summed E-state index contributed by atoms with van der Waals surface area (Å²) in [7, 11) is 0. The molecule has 0 atom stereocenters. The highest BCUT2D eigenvalue weighted by atomic mass is 32.2.